The number of aromatic hydroxyl groups is 1. The molecule has 0 bridgehead atoms. The molecule has 0 spiro atoms. The van der Waals surface area contributed by atoms with E-state index < -0.39 is 0 Å². The van der Waals surface area contributed by atoms with Crippen molar-refractivity contribution >= 4 is 5.69 Å². The summed E-state index contributed by atoms with van der Waals surface area (Å²) in [6.45, 7) is 11.0. The van der Waals surface area contributed by atoms with Crippen LogP contribution in [0.2, 0.25) is 0 Å². The Hall–Kier alpha value is -3.25. The van der Waals surface area contributed by atoms with Gasteiger partial charge < -0.3 is 19.5 Å². The number of hydrogen-bond donors (Lipinski definition) is 1. The van der Waals surface area contributed by atoms with Crippen LogP contribution in [0, 0.1) is 5.82 Å². The van der Waals surface area contributed by atoms with Gasteiger partial charge in [-0.25, -0.2) is 4.39 Å². The summed E-state index contributed by atoms with van der Waals surface area (Å²) in [7, 11) is 3.74. The lowest BCUT2D eigenvalue weighted by molar-refractivity contribution is -0.0342. The number of piperidine rings is 1. The van der Waals surface area contributed by atoms with Crippen molar-refractivity contribution in [2.24, 2.45) is 0 Å². The van der Waals surface area contributed by atoms with Crippen LogP contribution in [0.15, 0.2) is 54.6 Å². The Kier molecular flexibility index (Phi) is 8.75. The molecule has 0 saturated carbocycles. The molecule has 3 aromatic rings. The smallest absolute Gasteiger partial charge is 0.165 e. The molecule has 1 N–H and O–H groups in total. The van der Waals surface area contributed by atoms with Gasteiger partial charge in [-0.3, -0.25) is 4.90 Å². The minimum Gasteiger partial charge on any atom is -0.508 e. The van der Waals surface area contributed by atoms with Crippen LogP contribution in [-0.4, -0.2) is 48.4 Å². The molecule has 0 radical (unpaired) electrons. The molecule has 5 rings (SSSR count). The Morgan fingerprint density at radius 1 is 0.976 bits per heavy atom. The van der Waals surface area contributed by atoms with E-state index in [4.69, 9.17) is 9.47 Å². The number of nitrogens with zero attached hydrogens (tertiary/aromatic N) is 2. The first-order chi connectivity index (χ1) is 20.0. The molecule has 1 aliphatic heterocycles. The van der Waals surface area contributed by atoms with Crippen LogP contribution in [0.4, 0.5) is 10.1 Å². The molecule has 1 unspecified atom stereocenters. The second-order valence-corrected chi connectivity index (χ2v) is 13.4. The zero-order chi connectivity index (χ0) is 30.1. The van der Waals surface area contributed by atoms with Crippen molar-refractivity contribution in [3.63, 3.8) is 0 Å². The zero-order valence-electron chi connectivity index (χ0n) is 26.2. The third-order valence-electron chi connectivity index (χ3n) is 9.53. The fourth-order valence-electron chi connectivity index (χ4n) is 7.35. The summed E-state index contributed by atoms with van der Waals surface area (Å²) < 4.78 is 26.8. The van der Waals surface area contributed by atoms with Crippen molar-refractivity contribution in [2.75, 3.05) is 32.2 Å². The van der Waals surface area contributed by atoms with Crippen molar-refractivity contribution in [1.29, 1.82) is 0 Å². The number of hydrogen-bond acceptors (Lipinski definition) is 5. The number of phenolic OH excluding ortho intramolecular Hbond substituents is 1. The van der Waals surface area contributed by atoms with E-state index in [9.17, 15) is 5.11 Å². The van der Waals surface area contributed by atoms with Crippen molar-refractivity contribution in [1.82, 2.24) is 4.90 Å². The standard InChI is InChI=1S/C36H47FN2O3/c1-35(2)16-7-17-36(3,4)39(35)18-19-42-34-15-8-25(20-32(34)37)24-38(5)33-23-30(41-6)13-14-31(33)28-10-9-27-22-29(40)12-11-26(27)21-28/h8,11-15,20,22-23,28,40H,7,9-10,16-19,21,24H2,1-6H3. The number of halogens is 1. The van der Waals surface area contributed by atoms with Gasteiger partial charge >= 0.3 is 0 Å². The minimum absolute atomic E-state index is 0.112. The molecule has 2 aliphatic rings. The van der Waals surface area contributed by atoms with Crippen molar-refractivity contribution in [3.8, 4) is 17.2 Å². The van der Waals surface area contributed by atoms with Gasteiger partial charge in [-0.15, -0.1) is 0 Å². The van der Waals surface area contributed by atoms with Gasteiger partial charge in [0.2, 0.25) is 0 Å². The van der Waals surface area contributed by atoms with E-state index in [0.717, 1.165) is 42.8 Å². The van der Waals surface area contributed by atoms with Crippen molar-refractivity contribution < 1.29 is 19.0 Å². The van der Waals surface area contributed by atoms with Gasteiger partial charge in [0, 0.05) is 43.0 Å². The number of fused-ring (bicyclic) bond motifs is 1. The first-order valence-corrected chi connectivity index (χ1v) is 15.4. The first-order valence-electron chi connectivity index (χ1n) is 15.4. The maximum atomic E-state index is 15.2. The van der Waals surface area contributed by atoms with Gasteiger partial charge in [0.25, 0.3) is 0 Å². The highest BCUT2D eigenvalue weighted by molar-refractivity contribution is 5.59. The molecule has 42 heavy (non-hydrogen) atoms. The summed E-state index contributed by atoms with van der Waals surface area (Å²) in [5.74, 6) is 1.47. The van der Waals surface area contributed by atoms with Crippen LogP contribution in [0.1, 0.15) is 81.5 Å². The summed E-state index contributed by atoms with van der Waals surface area (Å²) in [6.07, 6.45) is 6.44. The van der Waals surface area contributed by atoms with Gasteiger partial charge in [0.05, 0.1) is 7.11 Å². The average molecular weight is 575 g/mol. The van der Waals surface area contributed by atoms with Crippen LogP contribution < -0.4 is 14.4 Å². The Morgan fingerprint density at radius 3 is 2.45 bits per heavy atom. The van der Waals surface area contributed by atoms with E-state index in [0.29, 0.717) is 30.6 Å². The highest BCUT2D eigenvalue weighted by Gasteiger charge is 2.40. The normalized spacial score (nSPS) is 19.6. The van der Waals surface area contributed by atoms with E-state index in [1.54, 1.807) is 25.3 Å². The van der Waals surface area contributed by atoms with E-state index in [1.807, 2.05) is 24.3 Å². The molecular weight excluding hydrogens is 527 g/mol. The van der Waals surface area contributed by atoms with Gasteiger partial charge in [-0.1, -0.05) is 18.2 Å². The quantitative estimate of drug-likeness (QED) is 0.282. The molecule has 6 heteroatoms. The number of likely N-dealkylation sites (tertiary alicyclic amines) is 1. The van der Waals surface area contributed by atoms with E-state index >= 15 is 4.39 Å². The monoisotopic (exact) mass is 574 g/mol. The minimum atomic E-state index is -0.323. The van der Waals surface area contributed by atoms with Crippen LogP contribution >= 0.6 is 0 Å². The molecule has 5 nitrogen and oxygen atoms in total. The highest BCUT2D eigenvalue weighted by Crippen LogP contribution is 2.40. The summed E-state index contributed by atoms with van der Waals surface area (Å²) in [5.41, 5.74) is 5.99. The van der Waals surface area contributed by atoms with Crippen molar-refractivity contribution in [3.05, 3.63) is 82.7 Å². The lowest BCUT2D eigenvalue weighted by Gasteiger charge is -2.53. The molecule has 1 heterocycles. The Morgan fingerprint density at radius 2 is 1.74 bits per heavy atom. The fraction of sp³-hybridized carbons (Fsp3) is 0.500. The molecule has 1 saturated heterocycles. The lowest BCUT2D eigenvalue weighted by Crippen LogP contribution is -2.59. The number of phenols is 1. The molecule has 0 aromatic heterocycles. The number of ether oxygens (including phenoxy) is 2. The summed E-state index contributed by atoms with van der Waals surface area (Å²) in [5, 5.41) is 9.90. The number of aryl methyl sites for hydroxylation is 1. The van der Waals surface area contributed by atoms with Gasteiger partial charge in [-0.05, 0) is 125 Å². The highest BCUT2D eigenvalue weighted by atomic mass is 19.1. The maximum Gasteiger partial charge on any atom is 0.165 e. The van der Waals surface area contributed by atoms with Crippen LogP contribution in [-0.2, 0) is 19.4 Å². The fourth-order valence-corrected chi connectivity index (χ4v) is 7.35. The number of rotatable bonds is 9. The molecule has 1 aliphatic carbocycles. The summed E-state index contributed by atoms with van der Waals surface area (Å²) >= 11 is 0. The molecule has 226 valence electrons. The molecule has 1 atom stereocenters. The van der Waals surface area contributed by atoms with Gasteiger partial charge in [0.1, 0.15) is 18.1 Å². The average Bonchev–Trinajstić information content (AvgIpc) is 2.94. The van der Waals surface area contributed by atoms with Crippen LogP contribution in [0.5, 0.6) is 17.2 Å². The largest absolute Gasteiger partial charge is 0.508 e. The number of methoxy groups -OCH3 is 1. The molecule has 3 aromatic carbocycles. The Balaban J connectivity index is 1.27. The third kappa shape index (κ3) is 6.54. The predicted octanol–water partition coefficient (Wildman–Crippen LogP) is 7.87. The zero-order valence-corrected chi connectivity index (χ0v) is 26.2. The molecule has 0 amide bonds. The maximum absolute atomic E-state index is 15.2. The van der Waals surface area contributed by atoms with Gasteiger partial charge in [-0.2, -0.15) is 0 Å². The van der Waals surface area contributed by atoms with Crippen molar-refractivity contribution in [2.45, 2.75) is 89.8 Å². The van der Waals surface area contributed by atoms with Crippen LogP contribution in [0.3, 0.4) is 0 Å². The van der Waals surface area contributed by atoms with E-state index in [1.165, 1.54) is 36.0 Å². The Labute approximate surface area is 251 Å². The topological polar surface area (TPSA) is 45.2 Å². The summed E-state index contributed by atoms with van der Waals surface area (Å²) in [4.78, 5) is 4.70. The number of anilines is 1. The summed E-state index contributed by atoms with van der Waals surface area (Å²) in [6, 6.07) is 17.3. The molecule has 1 fully saturated rings. The lowest BCUT2D eigenvalue weighted by atomic mass is 9.79. The van der Waals surface area contributed by atoms with E-state index in [2.05, 4.69) is 56.7 Å². The second-order valence-electron chi connectivity index (χ2n) is 13.4. The Bertz CT molecular complexity index is 1390. The van der Waals surface area contributed by atoms with Crippen LogP contribution in [0.25, 0.3) is 0 Å². The predicted molar refractivity (Wildman–Crippen MR) is 169 cm³/mol. The number of benzene rings is 3. The molecular formula is C36H47FN2O3. The third-order valence-corrected chi connectivity index (χ3v) is 9.53. The second kappa shape index (κ2) is 12.2. The first kappa shape index (κ1) is 30.2. The van der Waals surface area contributed by atoms with E-state index in [-0.39, 0.29) is 16.9 Å². The van der Waals surface area contributed by atoms with Gasteiger partial charge in [0.15, 0.2) is 11.6 Å². The SMILES string of the molecule is COc1ccc(C2CCc3cc(O)ccc3C2)c(N(C)Cc2ccc(OCCN3C(C)(C)CCCC3(C)C)c(F)c2)c1.